The summed E-state index contributed by atoms with van der Waals surface area (Å²) in [5.41, 5.74) is -0.362. The van der Waals surface area contributed by atoms with E-state index in [-0.39, 0.29) is 5.60 Å². The molecule has 0 heterocycles. The van der Waals surface area contributed by atoms with Gasteiger partial charge in [-0.2, -0.15) is 0 Å². The van der Waals surface area contributed by atoms with Crippen molar-refractivity contribution in [3.63, 3.8) is 0 Å². The van der Waals surface area contributed by atoms with Crippen molar-refractivity contribution in [1.82, 2.24) is 0 Å². The number of hydrogen-bond donors (Lipinski definition) is 1. The predicted octanol–water partition coefficient (Wildman–Crippen LogP) is 9.36. The van der Waals surface area contributed by atoms with Crippen LogP contribution in [0.25, 0.3) is 0 Å². The van der Waals surface area contributed by atoms with Crippen molar-refractivity contribution in [3.05, 3.63) is 0 Å². The second kappa shape index (κ2) is 20.7. The highest BCUT2D eigenvalue weighted by atomic mass is 16.3. The summed E-state index contributed by atoms with van der Waals surface area (Å²) >= 11 is 0. The van der Waals surface area contributed by atoms with Crippen LogP contribution in [0.2, 0.25) is 0 Å². The molecule has 0 aliphatic rings. The fourth-order valence-corrected chi connectivity index (χ4v) is 4.25. The molecule has 0 aromatic rings. The average molecular weight is 383 g/mol. The van der Waals surface area contributed by atoms with Crippen LogP contribution in [0.4, 0.5) is 0 Å². The smallest absolute Gasteiger partial charge is 0.0647 e. The average Bonchev–Trinajstić information content (AvgIpc) is 2.67. The highest BCUT2D eigenvalue weighted by molar-refractivity contribution is 4.78. The van der Waals surface area contributed by atoms with Gasteiger partial charge in [0.2, 0.25) is 0 Å². The maximum absolute atomic E-state index is 11.3. The quantitative estimate of drug-likeness (QED) is 0.185. The molecule has 0 saturated carbocycles. The van der Waals surface area contributed by atoms with Gasteiger partial charge in [0.1, 0.15) is 0 Å². The molecule has 1 N–H and O–H groups in total. The molecule has 0 fully saturated rings. The van der Waals surface area contributed by atoms with E-state index in [1.54, 1.807) is 0 Å². The van der Waals surface area contributed by atoms with Crippen molar-refractivity contribution in [2.24, 2.45) is 0 Å². The first-order valence-corrected chi connectivity index (χ1v) is 12.9. The lowest BCUT2D eigenvalue weighted by Gasteiger charge is -2.29. The Morgan fingerprint density at radius 3 is 0.852 bits per heavy atom. The van der Waals surface area contributed by atoms with Gasteiger partial charge in [0.25, 0.3) is 0 Å². The lowest BCUT2D eigenvalue weighted by atomic mass is 9.85. The van der Waals surface area contributed by atoms with Gasteiger partial charge in [-0.15, -0.1) is 0 Å². The molecule has 164 valence electrons. The minimum atomic E-state index is -0.362. The van der Waals surface area contributed by atoms with Gasteiger partial charge in [0, 0.05) is 0 Å². The molecule has 0 unspecified atom stereocenters. The van der Waals surface area contributed by atoms with E-state index in [1.807, 2.05) is 0 Å². The first kappa shape index (κ1) is 27.0. The Bertz CT molecular complexity index is 257. The molecule has 0 spiro atoms. The molecule has 0 aliphatic carbocycles. The second-order valence-electron chi connectivity index (χ2n) is 9.13. The van der Waals surface area contributed by atoms with E-state index < -0.39 is 0 Å². The molecule has 0 saturated heterocycles. The maximum atomic E-state index is 11.3. The molecule has 1 heteroatoms. The molecular formula is C26H54O. The van der Waals surface area contributed by atoms with Gasteiger partial charge in [-0.25, -0.2) is 0 Å². The molecule has 1 nitrogen and oxygen atoms in total. The molecule has 0 aromatic heterocycles. The Hall–Kier alpha value is -0.0400. The highest BCUT2D eigenvalue weighted by Crippen LogP contribution is 2.29. The maximum Gasteiger partial charge on any atom is 0.0647 e. The van der Waals surface area contributed by atoms with Crippen LogP contribution < -0.4 is 0 Å². The van der Waals surface area contributed by atoms with E-state index >= 15 is 0 Å². The Balaban J connectivity index is 4.02. The molecule has 0 aliphatic heterocycles. The monoisotopic (exact) mass is 382 g/mol. The van der Waals surface area contributed by atoms with E-state index in [2.05, 4.69) is 20.8 Å². The van der Waals surface area contributed by atoms with Crippen LogP contribution in [0.15, 0.2) is 0 Å². The SMILES string of the molecule is CCCCCCCCCC(O)(CCCCCCCC)CCCCCCCC. The van der Waals surface area contributed by atoms with Gasteiger partial charge in [0.15, 0.2) is 0 Å². The van der Waals surface area contributed by atoms with Gasteiger partial charge < -0.3 is 5.11 Å². The minimum Gasteiger partial charge on any atom is -0.390 e. The molecule has 0 radical (unpaired) electrons. The highest BCUT2D eigenvalue weighted by Gasteiger charge is 2.25. The summed E-state index contributed by atoms with van der Waals surface area (Å²) in [5.74, 6) is 0. The Kier molecular flexibility index (Phi) is 20.7. The van der Waals surface area contributed by atoms with Crippen LogP contribution in [0.1, 0.15) is 162 Å². The molecule has 0 bridgehead atoms. The summed E-state index contributed by atoms with van der Waals surface area (Å²) < 4.78 is 0. The first-order valence-electron chi connectivity index (χ1n) is 12.9. The minimum absolute atomic E-state index is 0.362. The van der Waals surface area contributed by atoms with Crippen LogP contribution in [-0.4, -0.2) is 10.7 Å². The van der Waals surface area contributed by atoms with E-state index in [9.17, 15) is 5.11 Å². The zero-order valence-electron chi connectivity index (χ0n) is 19.5. The third kappa shape index (κ3) is 19.1. The number of rotatable bonds is 22. The second-order valence-corrected chi connectivity index (χ2v) is 9.13. The van der Waals surface area contributed by atoms with E-state index in [0.717, 1.165) is 19.3 Å². The van der Waals surface area contributed by atoms with E-state index in [1.165, 1.54) is 122 Å². The van der Waals surface area contributed by atoms with Crippen molar-refractivity contribution in [1.29, 1.82) is 0 Å². The Morgan fingerprint density at radius 2 is 0.593 bits per heavy atom. The molecule has 0 atom stereocenters. The molecule has 27 heavy (non-hydrogen) atoms. The standard InChI is InChI=1S/C26H54O/c1-4-7-10-13-16-19-22-25-26(27,23-20-17-14-11-8-5-2)24-21-18-15-12-9-6-3/h27H,4-25H2,1-3H3. The number of unbranched alkanes of at least 4 members (excludes halogenated alkanes) is 16. The van der Waals surface area contributed by atoms with Crippen LogP contribution >= 0.6 is 0 Å². The summed E-state index contributed by atoms with van der Waals surface area (Å²) in [6.45, 7) is 6.84. The van der Waals surface area contributed by atoms with Gasteiger partial charge in [-0.05, 0) is 19.3 Å². The summed E-state index contributed by atoms with van der Waals surface area (Å²) in [4.78, 5) is 0. The van der Waals surface area contributed by atoms with Gasteiger partial charge in [-0.3, -0.25) is 0 Å². The van der Waals surface area contributed by atoms with E-state index in [0.29, 0.717) is 0 Å². The largest absolute Gasteiger partial charge is 0.390 e. The predicted molar refractivity (Wildman–Crippen MR) is 124 cm³/mol. The molecular weight excluding hydrogens is 328 g/mol. The molecule has 0 amide bonds. The third-order valence-electron chi connectivity index (χ3n) is 6.24. The van der Waals surface area contributed by atoms with Crippen molar-refractivity contribution in [2.75, 3.05) is 0 Å². The Morgan fingerprint density at radius 1 is 0.370 bits per heavy atom. The zero-order chi connectivity index (χ0) is 20.1. The number of aliphatic hydroxyl groups is 1. The van der Waals surface area contributed by atoms with Crippen molar-refractivity contribution in [3.8, 4) is 0 Å². The van der Waals surface area contributed by atoms with Gasteiger partial charge in [-0.1, -0.05) is 143 Å². The van der Waals surface area contributed by atoms with Crippen LogP contribution in [0, 0.1) is 0 Å². The van der Waals surface area contributed by atoms with Gasteiger partial charge in [0.05, 0.1) is 5.60 Å². The molecule has 0 aromatic carbocycles. The third-order valence-corrected chi connectivity index (χ3v) is 6.24. The van der Waals surface area contributed by atoms with E-state index in [4.69, 9.17) is 0 Å². The molecule has 0 rings (SSSR count). The van der Waals surface area contributed by atoms with Crippen LogP contribution in [0.5, 0.6) is 0 Å². The van der Waals surface area contributed by atoms with Crippen LogP contribution in [0.3, 0.4) is 0 Å². The number of hydrogen-bond acceptors (Lipinski definition) is 1. The summed E-state index contributed by atoms with van der Waals surface area (Å²) in [6, 6.07) is 0. The Labute approximate surface area is 173 Å². The topological polar surface area (TPSA) is 20.2 Å². The summed E-state index contributed by atoms with van der Waals surface area (Å²) in [5, 5.41) is 11.3. The summed E-state index contributed by atoms with van der Waals surface area (Å²) in [6.07, 6.45) is 28.5. The fourth-order valence-electron chi connectivity index (χ4n) is 4.25. The lowest BCUT2D eigenvalue weighted by Crippen LogP contribution is -2.28. The van der Waals surface area contributed by atoms with Crippen molar-refractivity contribution < 1.29 is 5.11 Å². The first-order chi connectivity index (χ1) is 13.2. The fraction of sp³-hybridized carbons (Fsp3) is 1.00. The summed E-state index contributed by atoms with van der Waals surface area (Å²) in [7, 11) is 0. The lowest BCUT2D eigenvalue weighted by molar-refractivity contribution is 0.00704. The normalized spacial score (nSPS) is 12.0. The van der Waals surface area contributed by atoms with Crippen molar-refractivity contribution >= 4 is 0 Å². The zero-order valence-corrected chi connectivity index (χ0v) is 19.5. The van der Waals surface area contributed by atoms with Gasteiger partial charge >= 0.3 is 0 Å². The van der Waals surface area contributed by atoms with Crippen LogP contribution in [-0.2, 0) is 0 Å². The van der Waals surface area contributed by atoms with Crippen molar-refractivity contribution in [2.45, 2.75) is 168 Å².